The SMILES string of the molecule is CC(C)(C)CCCCCCCCCCCOCn1ccc2c(-c3cnn(C4(CC#N)CN(C5CCNCC5)C4)c3)c(F)cnc21. The Hall–Kier alpha value is -2.80. The van der Waals surface area contributed by atoms with Crippen LogP contribution in [0.4, 0.5) is 4.39 Å². The molecule has 3 aromatic heterocycles. The summed E-state index contributed by atoms with van der Waals surface area (Å²) >= 11 is 0. The van der Waals surface area contributed by atoms with Crippen molar-refractivity contribution in [3.8, 4) is 17.2 Å². The Morgan fingerprint density at radius 2 is 1.71 bits per heavy atom. The minimum absolute atomic E-state index is 0.369. The molecule has 1 N–H and O–H groups in total. The highest BCUT2D eigenvalue weighted by Gasteiger charge is 2.47. The summed E-state index contributed by atoms with van der Waals surface area (Å²) < 4.78 is 25.1. The van der Waals surface area contributed by atoms with Crippen LogP contribution in [0, 0.1) is 22.6 Å². The summed E-state index contributed by atoms with van der Waals surface area (Å²) in [5.41, 5.74) is 2.01. The molecular formula is C36H54FN7O. The number of nitriles is 1. The van der Waals surface area contributed by atoms with Crippen molar-refractivity contribution in [1.82, 2.24) is 29.5 Å². The van der Waals surface area contributed by atoms with Gasteiger partial charge in [-0.1, -0.05) is 72.1 Å². The van der Waals surface area contributed by atoms with Gasteiger partial charge in [0, 0.05) is 54.6 Å². The normalized spacial score (nSPS) is 17.5. The van der Waals surface area contributed by atoms with E-state index in [2.05, 4.69) is 47.1 Å². The van der Waals surface area contributed by atoms with Gasteiger partial charge in [0.05, 0.1) is 24.9 Å². The number of nitrogens with zero attached hydrogens (tertiary/aromatic N) is 6. The quantitative estimate of drug-likeness (QED) is 0.156. The third-order valence-electron chi connectivity index (χ3n) is 9.77. The summed E-state index contributed by atoms with van der Waals surface area (Å²) in [6.07, 6.45) is 22.4. The zero-order valence-electron chi connectivity index (χ0n) is 27.9. The van der Waals surface area contributed by atoms with Crippen molar-refractivity contribution in [3.63, 3.8) is 0 Å². The number of hydrogen-bond donors (Lipinski definition) is 1. The van der Waals surface area contributed by atoms with E-state index in [9.17, 15) is 5.26 Å². The summed E-state index contributed by atoms with van der Waals surface area (Å²) in [6, 6.07) is 4.84. The molecule has 0 saturated carbocycles. The second-order valence-corrected chi connectivity index (χ2v) is 14.7. The predicted molar refractivity (Wildman–Crippen MR) is 178 cm³/mol. The molecule has 0 aromatic carbocycles. The molecule has 0 bridgehead atoms. The topological polar surface area (TPSA) is 83.9 Å². The van der Waals surface area contributed by atoms with Gasteiger partial charge in [-0.05, 0) is 50.3 Å². The molecule has 9 heteroatoms. The minimum Gasteiger partial charge on any atom is -0.361 e. The second kappa shape index (κ2) is 15.7. The van der Waals surface area contributed by atoms with E-state index in [1.54, 1.807) is 6.20 Å². The molecule has 0 radical (unpaired) electrons. The van der Waals surface area contributed by atoms with E-state index in [1.165, 1.54) is 64.0 Å². The maximum atomic E-state index is 15.3. The molecule has 2 saturated heterocycles. The van der Waals surface area contributed by atoms with Gasteiger partial charge in [0.15, 0.2) is 0 Å². The van der Waals surface area contributed by atoms with E-state index in [-0.39, 0.29) is 11.4 Å². The number of nitrogens with one attached hydrogen (secondary N) is 1. The van der Waals surface area contributed by atoms with Gasteiger partial charge in [-0.15, -0.1) is 0 Å². The lowest BCUT2D eigenvalue weighted by atomic mass is 9.84. The van der Waals surface area contributed by atoms with Crippen LogP contribution in [0.3, 0.4) is 0 Å². The molecule has 2 aliphatic heterocycles. The van der Waals surface area contributed by atoms with Crippen molar-refractivity contribution in [2.75, 3.05) is 32.8 Å². The Kier molecular flexibility index (Phi) is 11.7. The third kappa shape index (κ3) is 8.72. The fraction of sp³-hybridized carbons (Fsp3) is 0.694. The number of rotatable bonds is 17. The maximum absolute atomic E-state index is 15.3. The molecule has 2 aliphatic rings. The van der Waals surface area contributed by atoms with Crippen LogP contribution in [0.5, 0.6) is 0 Å². The molecule has 0 atom stereocenters. The fourth-order valence-electron chi connectivity index (χ4n) is 7.11. The Bertz CT molecular complexity index is 1390. The molecule has 0 aliphatic carbocycles. The number of fused-ring (bicyclic) bond motifs is 1. The van der Waals surface area contributed by atoms with Crippen molar-refractivity contribution < 1.29 is 9.13 Å². The van der Waals surface area contributed by atoms with Crippen molar-refractivity contribution in [2.24, 2.45) is 5.41 Å². The minimum atomic E-state index is -0.370. The summed E-state index contributed by atoms with van der Waals surface area (Å²) in [5.74, 6) is -0.370. The molecule has 0 spiro atoms. The average Bonchev–Trinajstić information content (AvgIpc) is 3.65. The van der Waals surface area contributed by atoms with Gasteiger partial charge < -0.3 is 14.6 Å². The largest absolute Gasteiger partial charge is 0.361 e. The first-order valence-corrected chi connectivity index (χ1v) is 17.4. The standard InChI is InChI=1S/C36H54FN7O/c1-35(2,3)16-11-9-7-5-4-6-8-10-12-22-45-28-42-21-15-31-33(32(37)24-40-34(31)42)29-23-41-44(25-29)36(17-18-38)26-43(27-36)30-13-19-39-20-14-30/h15,21,23-25,30,39H,4-14,16-17,19-20,22,26-28H2,1-3H3. The lowest BCUT2D eigenvalue weighted by molar-refractivity contribution is -0.0339. The maximum Gasteiger partial charge on any atom is 0.150 e. The molecule has 2 fully saturated rings. The number of piperidine rings is 1. The highest BCUT2D eigenvalue weighted by Crippen LogP contribution is 2.38. The first kappa shape index (κ1) is 33.6. The smallest absolute Gasteiger partial charge is 0.150 e. The molecule has 45 heavy (non-hydrogen) atoms. The first-order valence-electron chi connectivity index (χ1n) is 17.4. The molecule has 5 rings (SSSR count). The van der Waals surface area contributed by atoms with Crippen LogP contribution in [0.1, 0.15) is 104 Å². The number of likely N-dealkylation sites (tertiary alicyclic amines) is 1. The third-order valence-corrected chi connectivity index (χ3v) is 9.77. The average molecular weight is 620 g/mol. The molecule has 0 unspecified atom stereocenters. The van der Waals surface area contributed by atoms with Gasteiger partial charge in [0.25, 0.3) is 0 Å². The van der Waals surface area contributed by atoms with Crippen LogP contribution in [0.15, 0.2) is 30.9 Å². The zero-order chi connectivity index (χ0) is 31.7. The van der Waals surface area contributed by atoms with E-state index in [1.807, 2.05) is 27.7 Å². The monoisotopic (exact) mass is 619 g/mol. The van der Waals surface area contributed by atoms with Crippen molar-refractivity contribution in [3.05, 3.63) is 36.7 Å². The molecule has 8 nitrogen and oxygen atoms in total. The van der Waals surface area contributed by atoms with Gasteiger partial charge >= 0.3 is 0 Å². The molecular weight excluding hydrogens is 565 g/mol. The van der Waals surface area contributed by atoms with E-state index in [0.717, 1.165) is 50.8 Å². The summed E-state index contributed by atoms with van der Waals surface area (Å²) in [4.78, 5) is 6.89. The van der Waals surface area contributed by atoms with Crippen LogP contribution >= 0.6 is 0 Å². The molecule has 0 amide bonds. The molecule has 5 heterocycles. The fourth-order valence-corrected chi connectivity index (χ4v) is 7.11. The van der Waals surface area contributed by atoms with Crippen molar-refractivity contribution in [1.29, 1.82) is 5.26 Å². The van der Waals surface area contributed by atoms with Crippen molar-refractivity contribution >= 4 is 11.0 Å². The van der Waals surface area contributed by atoms with Gasteiger partial charge in [0.2, 0.25) is 0 Å². The van der Waals surface area contributed by atoms with Crippen LogP contribution in [0.2, 0.25) is 0 Å². The number of ether oxygens (including phenoxy) is 1. The summed E-state index contributed by atoms with van der Waals surface area (Å²) in [5, 5.41) is 18.5. The number of unbranched alkanes of at least 4 members (excludes halogenated alkanes) is 8. The number of hydrogen-bond acceptors (Lipinski definition) is 6. The van der Waals surface area contributed by atoms with Crippen LogP contribution in [0.25, 0.3) is 22.2 Å². The Labute approximate surface area is 269 Å². The first-order chi connectivity index (χ1) is 21.8. The van der Waals surface area contributed by atoms with Crippen LogP contribution < -0.4 is 5.32 Å². The lowest BCUT2D eigenvalue weighted by Gasteiger charge is -2.53. The lowest BCUT2D eigenvalue weighted by Crippen LogP contribution is -2.66. The van der Waals surface area contributed by atoms with Crippen molar-refractivity contribution in [2.45, 2.75) is 123 Å². The Morgan fingerprint density at radius 1 is 1.02 bits per heavy atom. The highest BCUT2D eigenvalue weighted by atomic mass is 19.1. The number of pyridine rings is 1. The number of halogens is 1. The highest BCUT2D eigenvalue weighted by molar-refractivity contribution is 5.93. The van der Waals surface area contributed by atoms with Crippen LogP contribution in [-0.2, 0) is 17.0 Å². The Morgan fingerprint density at radius 3 is 2.40 bits per heavy atom. The van der Waals surface area contributed by atoms with E-state index < -0.39 is 0 Å². The molecule has 3 aromatic rings. The number of aromatic nitrogens is 4. The van der Waals surface area contributed by atoms with Gasteiger partial charge in [-0.2, -0.15) is 10.4 Å². The van der Waals surface area contributed by atoms with Gasteiger partial charge in [-0.3, -0.25) is 9.58 Å². The predicted octanol–water partition coefficient (Wildman–Crippen LogP) is 7.64. The Balaban J connectivity index is 1.08. The van der Waals surface area contributed by atoms with E-state index in [0.29, 0.717) is 48.0 Å². The molecule has 246 valence electrons. The second-order valence-electron chi connectivity index (χ2n) is 14.7. The van der Waals surface area contributed by atoms with Crippen LogP contribution in [-0.4, -0.2) is 63.1 Å². The van der Waals surface area contributed by atoms with Gasteiger partial charge in [-0.25, -0.2) is 9.37 Å². The summed E-state index contributed by atoms with van der Waals surface area (Å²) in [7, 11) is 0. The van der Waals surface area contributed by atoms with E-state index >= 15 is 4.39 Å². The van der Waals surface area contributed by atoms with E-state index in [4.69, 9.17) is 4.74 Å². The zero-order valence-corrected chi connectivity index (χ0v) is 27.9. The van der Waals surface area contributed by atoms with Gasteiger partial charge in [0.1, 0.15) is 23.7 Å². The summed E-state index contributed by atoms with van der Waals surface area (Å²) in [6.45, 7) is 11.8.